The molecular formula is C18H19FN6O2. The minimum atomic E-state index is -0.307. The Labute approximate surface area is 155 Å². The van der Waals surface area contributed by atoms with Crippen molar-refractivity contribution in [3.8, 4) is 11.5 Å². The number of hydrazone groups is 1. The summed E-state index contributed by atoms with van der Waals surface area (Å²) in [6.45, 7) is 2.44. The minimum absolute atomic E-state index is 0.105. The van der Waals surface area contributed by atoms with E-state index in [0.29, 0.717) is 29.6 Å². The van der Waals surface area contributed by atoms with Crippen LogP contribution in [0.5, 0.6) is 11.5 Å². The molecule has 0 atom stereocenters. The summed E-state index contributed by atoms with van der Waals surface area (Å²) in [6, 6.07) is 11.8. The second kappa shape index (κ2) is 8.65. The van der Waals surface area contributed by atoms with E-state index in [0.717, 1.165) is 5.56 Å². The molecule has 0 bridgehead atoms. The first-order valence-electron chi connectivity index (χ1n) is 8.24. The molecular weight excluding hydrogens is 351 g/mol. The number of nitrogen functional groups attached to an aromatic ring is 1. The molecule has 3 aromatic rings. The number of ether oxygens (including phenoxy) is 2. The largest absolute Gasteiger partial charge is 0.490 e. The van der Waals surface area contributed by atoms with E-state index in [1.165, 1.54) is 17.1 Å². The molecule has 2 aromatic carbocycles. The number of nitrogens with two attached hydrogens (primary N) is 1. The molecule has 3 rings (SSSR count). The van der Waals surface area contributed by atoms with E-state index in [9.17, 15) is 4.39 Å². The fraction of sp³-hybridized carbons (Fsp3) is 0.167. The lowest BCUT2D eigenvalue weighted by Crippen LogP contribution is -2.10. The van der Waals surface area contributed by atoms with Gasteiger partial charge in [0.1, 0.15) is 18.8 Å². The van der Waals surface area contributed by atoms with Crippen molar-refractivity contribution >= 4 is 12.2 Å². The molecule has 0 radical (unpaired) electrons. The molecule has 0 unspecified atom stereocenters. The predicted molar refractivity (Wildman–Crippen MR) is 99.7 cm³/mol. The van der Waals surface area contributed by atoms with Crippen molar-refractivity contribution in [3.05, 3.63) is 65.7 Å². The monoisotopic (exact) mass is 370 g/mol. The van der Waals surface area contributed by atoms with Crippen LogP contribution in [0.15, 0.2) is 53.9 Å². The van der Waals surface area contributed by atoms with Crippen LogP contribution >= 0.6 is 0 Å². The van der Waals surface area contributed by atoms with E-state index < -0.39 is 0 Å². The van der Waals surface area contributed by atoms with Crippen molar-refractivity contribution in [1.29, 1.82) is 0 Å². The van der Waals surface area contributed by atoms with Crippen molar-refractivity contribution < 1.29 is 13.9 Å². The van der Waals surface area contributed by atoms with Gasteiger partial charge in [0.25, 0.3) is 5.95 Å². The number of halogens is 1. The van der Waals surface area contributed by atoms with Crippen LogP contribution in [0.25, 0.3) is 0 Å². The highest BCUT2D eigenvalue weighted by Gasteiger charge is 2.08. The molecule has 0 fully saturated rings. The molecule has 3 N–H and O–H groups in total. The number of rotatable bonds is 8. The summed E-state index contributed by atoms with van der Waals surface area (Å²) in [6.07, 6.45) is 2.94. The van der Waals surface area contributed by atoms with Crippen molar-refractivity contribution in [2.45, 2.75) is 13.5 Å². The molecule has 0 amide bonds. The predicted octanol–water partition coefficient (Wildman–Crippen LogP) is 2.55. The highest BCUT2D eigenvalue weighted by atomic mass is 19.1. The van der Waals surface area contributed by atoms with Gasteiger partial charge in [0, 0.05) is 5.56 Å². The lowest BCUT2D eigenvalue weighted by atomic mass is 10.2. The molecule has 1 heterocycles. The quantitative estimate of drug-likeness (QED) is 0.359. The number of nitrogens with one attached hydrogen (secondary N) is 1. The summed E-state index contributed by atoms with van der Waals surface area (Å²) >= 11 is 0. The smallest absolute Gasteiger partial charge is 0.263 e. The maximum atomic E-state index is 13.7. The summed E-state index contributed by atoms with van der Waals surface area (Å²) in [7, 11) is 0. The molecule has 1 aromatic heterocycles. The summed E-state index contributed by atoms with van der Waals surface area (Å²) < 4.78 is 26.3. The first-order valence-corrected chi connectivity index (χ1v) is 8.24. The lowest BCUT2D eigenvalue weighted by Gasteiger charge is -2.13. The summed E-state index contributed by atoms with van der Waals surface area (Å²) in [4.78, 5) is 0. The van der Waals surface area contributed by atoms with Gasteiger partial charge in [0.2, 0.25) is 0 Å². The van der Waals surface area contributed by atoms with Crippen LogP contribution in [-0.4, -0.2) is 27.7 Å². The molecule has 8 nitrogen and oxygen atoms in total. The van der Waals surface area contributed by atoms with Gasteiger partial charge in [-0.3, -0.25) is 0 Å². The molecule has 0 saturated heterocycles. The number of hydrogen-bond donors (Lipinski definition) is 2. The van der Waals surface area contributed by atoms with Gasteiger partial charge in [-0.2, -0.15) is 5.10 Å². The lowest BCUT2D eigenvalue weighted by molar-refractivity contribution is 0.266. The number of aromatic nitrogens is 3. The van der Waals surface area contributed by atoms with Crippen LogP contribution in [0.4, 0.5) is 10.3 Å². The van der Waals surface area contributed by atoms with Gasteiger partial charge >= 0.3 is 0 Å². The second-order valence-electron chi connectivity index (χ2n) is 5.45. The molecule has 0 aliphatic heterocycles. The van der Waals surface area contributed by atoms with E-state index >= 15 is 0 Å². The Kier molecular flexibility index (Phi) is 5.83. The van der Waals surface area contributed by atoms with Gasteiger partial charge in [-0.1, -0.05) is 18.2 Å². The topological polar surface area (TPSA) is 99.6 Å². The average Bonchev–Trinajstić information content (AvgIpc) is 3.07. The highest BCUT2D eigenvalue weighted by molar-refractivity contribution is 5.81. The van der Waals surface area contributed by atoms with Crippen LogP contribution < -0.4 is 20.7 Å². The summed E-state index contributed by atoms with van der Waals surface area (Å²) in [5, 5.41) is 11.5. The SMILES string of the molecule is CCOc1cc(/C=N/Nc2nncn2N)ccc1OCc1ccccc1F. The summed E-state index contributed by atoms with van der Waals surface area (Å²) in [5.41, 5.74) is 3.92. The zero-order valence-electron chi connectivity index (χ0n) is 14.7. The molecule has 0 saturated carbocycles. The maximum absolute atomic E-state index is 13.7. The van der Waals surface area contributed by atoms with Crippen LogP contribution in [0, 0.1) is 5.82 Å². The number of hydrogen-bond acceptors (Lipinski definition) is 7. The molecule has 0 aliphatic carbocycles. The Bertz CT molecular complexity index is 928. The second-order valence-corrected chi connectivity index (χ2v) is 5.45. The van der Waals surface area contributed by atoms with E-state index in [4.69, 9.17) is 15.3 Å². The third-order valence-electron chi connectivity index (χ3n) is 3.56. The van der Waals surface area contributed by atoms with E-state index in [1.54, 1.807) is 42.6 Å². The first-order chi connectivity index (χ1) is 13.2. The van der Waals surface area contributed by atoms with Crippen LogP contribution in [0.2, 0.25) is 0 Å². The van der Waals surface area contributed by atoms with Gasteiger partial charge in [-0.05, 0) is 36.8 Å². The zero-order chi connectivity index (χ0) is 19.1. The number of anilines is 1. The third kappa shape index (κ3) is 4.72. The van der Waals surface area contributed by atoms with Crippen molar-refractivity contribution in [1.82, 2.24) is 14.9 Å². The first kappa shape index (κ1) is 18.2. The van der Waals surface area contributed by atoms with Crippen molar-refractivity contribution in [2.24, 2.45) is 5.10 Å². The van der Waals surface area contributed by atoms with Gasteiger partial charge in [-0.15, -0.1) is 10.2 Å². The van der Waals surface area contributed by atoms with Crippen molar-refractivity contribution in [3.63, 3.8) is 0 Å². The van der Waals surface area contributed by atoms with Gasteiger partial charge in [0.05, 0.1) is 12.8 Å². The molecule has 9 heteroatoms. The number of nitrogens with zero attached hydrogens (tertiary/aromatic N) is 4. The zero-order valence-corrected chi connectivity index (χ0v) is 14.7. The Morgan fingerprint density at radius 2 is 2.07 bits per heavy atom. The van der Waals surface area contributed by atoms with Gasteiger partial charge < -0.3 is 15.3 Å². The Balaban J connectivity index is 1.70. The third-order valence-corrected chi connectivity index (χ3v) is 3.56. The molecule has 27 heavy (non-hydrogen) atoms. The normalized spacial score (nSPS) is 10.9. The molecule has 140 valence electrons. The Hall–Kier alpha value is -3.62. The minimum Gasteiger partial charge on any atom is -0.490 e. The Morgan fingerprint density at radius 1 is 1.22 bits per heavy atom. The van der Waals surface area contributed by atoms with E-state index in [-0.39, 0.29) is 12.4 Å². The fourth-order valence-electron chi connectivity index (χ4n) is 2.25. The molecule has 0 aliphatic rings. The van der Waals surface area contributed by atoms with Crippen LogP contribution in [0.3, 0.4) is 0 Å². The highest BCUT2D eigenvalue weighted by Crippen LogP contribution is 2.29. The average molecular weight is 370 g/mol. The number of benzene rings is 2. The van der Waals surface area contributed by atoms with Crippen molar-refractivity contribution in [2.75, 3.05) is 17.9 Å². The maximum Gasteiger partial charge on any atom is 0.263 e. The van der Waals surface area contributed by atoms with Crippen LogP contribution in [0.1, 0.15) is 18.1 Å². The Morgan fingerprint density at radius 3 is 2.81 bits per heavy atom. The summed E-state index contributed by atoms with van der Waals surface area (Å²) in [5.74, 6) is 6.65. The van der Waals surface area contributed by atoms with E-state index in [1.807, 2.05) is 6.92 Å². The fourth-order valence-corrected chi connectivity index (χ4v) is 2.25. The van der Waals surface area contributed by atoms with Crippen LogP contribution in [-0.2, 0) is 6.61 Å². The van der Waals surface area contributed by atoms with Gasteiger partial charge in [-0.25, -0.2) is 14.5 Å². The molecule has 0 spiro atoms. The van der Waals surface area contributed by atoms with Gasteiger partial charge in [0.15, 0.2) is 11.5 Å². The van der Waals surface area contributed by atoms with E-state index in [2.05, 4.69) is 20.7 Å². The standard InChI is InChI=1S/C18H19FN6O2/c1-2-26-17-9-13(10-21-23-18-24-22-12-25(18)20)7-8-16(17)27-11-14-5-3-4-6-15(14)19/h3-10,12H,2,11,20H2,1H3,(H,23,24)/b21-10+.